The molecule has 0 radical (unpaired) electrons. The molecule has 0 saturated carbocycles. The van der Waals surface area contributed by atoms with Crippen LogP contribution in [0, 0.1) is 5.82 Å². The largest absolute Gasteiger partial charge is 0.347 e. The van der Waals surface area contributed by atoms with Crippen LogP contribution in [-0.4, -0.2) is 48.0 Å². The standard InChI is InChI=1S/C20H25FN4O/c1-4-18(26)25-11-7-8-14(13-25)19-16(12-22-20(23-19)24(2)3)15-9-5-6-10-17(15)21/h5-6,9-10,12,14H,4,7-8,11,13H2,1-3H3/t14-/m1/s1. The molecule has 0 bridgehead atoms. The fraction of sp³-hybridized carbons (Fsp3) is 0.450. The predicted molar refractivity (Wildman–Crippen MR) is 101 cm³/mol. The first-order chi connectivity index (χ1) is 12.5. The lowest BCUT2D eigenvalue weighted by atomic mass is 9.89. The number of nitrogens with zero attached hydrogens (tertiary/aromatic N) is 4. The molecule has 1 aliphatic rings. The van der Waals surface area contributed by atoms with Crippen molar-refractivity contribution in [3.05, 3.63) is 42.0 Å². The lowest BCUT2D eigenvalue weighted by molar-refractivity contribution is -0.132. The van der Waals surface area contributed by atoms with Crippen LogP contribution < -0.4 is 4.90 Å². The molecule has 0 aliphatic carbocycles. The van der Waals surface area contributed by atoms with E-state index in [1.54, 1.807) is 18.3 Å². The fourth-order valence-electron chi connectivity index (χ4n) is 3.45. The number of benzene rings is 1. The van der Waals surface area contributed by atoms with Gasteiger partial charge >= 0.3 is 0 Å². The van der Waals surface area contributed by atoms with Gasteiger partial charge in [0, 0.05) is 56.8 Å². The highest BCUT2D eigenvalue weighted by atomic mass is 19.1. The second-order valence-corrected chi connectivity index (χ2v) is 6.88. The van der Waals surface area contributed by atoms with Crippen molar-refractivity contribution in [3.8, 4) is 11.1 Å². The van der Waals surface area contributed by atoms with Gasteiger partial charge in [-0.1, -0.05) is 25.1 Å². The molecule has 2 aromatic rings. The van der Waals surface area contributed by atoms with Gasteiger partial charge in [0.15, 0.2) is 0 Å². The third-order valence-corrected chi connectivity index (χ3v) is 4.83. The molecule has 3 rings (SSSR count). The Hall–Kier alpha value is -2.50. The van der Waals surface area contributed by atoms with Crippen LogP contribution in [-0.2, 0) is 4.79 Å². The zero-order valence-corrected chi connectivity index (χ0v) is 15.6. The quantitative estimate of drug-likeness (QED) is 0.842. The molecule has 1 aromatic heterocycles. The summed E-state index contributed by atoms with van der Waals surface area (Å²) in [6.45, 7) is 3.29. The van der Waals surface area contributed by atoms with Crippen molar-refractivity contribution in [2.75, 3.05) is 32.1 Å². The summed E-state index contributed by atoms with van der Waals surface area (Å²) in [4.78, 5) is 25.0. The number of hydrogen-bond acceptors (Lipinski definition) is 4. The van der Waals surface area contributed by atoms with E-state index < -0.39 is 0 Å². The highest BCUT2D eigenvalue weighted by Gasteiger charge is 2.28. The Morgan fingerprint density at radius 3 is 2.77 bits per heavy atom. The molecule has 6 heteroatoms. The van der Waals surface area contributed by atoms with Gasteiger partial charge in [0.05, 0.1) is 5.69 Å². The van der Waals surface area contributed by atoms with Gasteiger partial charge < -0.3 is 9.80 Å². The SMILES string of the molecule is CCC(=O)N1CCC[C@@H](c2nc(N(C)C)ncc2-c2ccccc2F)C1. The molecular formula is C20H25FN4O. The molecule has 1 atom stereocenters. The molecule has 1 saturated heterocycles. The summed E-state index contributed by atoms with van der Waals surface area (Å²) in [6.07, 6.45) is 4.06. The Labute approximate surface area is 153 Å². The number of amides is 1. The summed E-state index contributed by atoms with van der Waals surface area (Å²) in [5, 5.41) is 0. The first-order valence-electron chi connectivity index (χ1n) is 9.08. The number of aromatic nitrogens is 2. The summed E-state index contributed by atoms with van der Waals surface area (Å²) >= 11 is 0. The van der Waals surface area contributed by atoms with Crippen molar-refractivity contribution in [1.29, 1.82) is 0 Å². The van der Waals surface area contributed by atoms with Gasteiger partial charge in [-0.3, -0.25) is 4.79 Å². The number of rotatable bonds is 4. The normalized spacial score (nSPS) is 17.2. The summed E-state index contributed by atoms with van der Waals surface area (Å²) in [7, 11) is 3.77. The van der Waals surface area contributed by atoms with Gasteiger partial charge in [-0.25, -0.2) is 14.4 Å². The van der Waals surface area contributed by atoms with E-state index in [4.69, 9.17) is 4.98 Å². The number of hydrogen-bond donors (Lipinski definition) is 0. The van der Waals surface area contributed by atoms with Crippen molar-refractivity contribution in [2.45, 2.75) is 32.1 Å². The molecule has 1 fully saturated rings. The average molecular weight is 356 g/mol. The fourth-order valence-corrected chi connectivity index (χ4v) is 3.45. The van der Waals surface area contributed by atoms with Gasteiger partial charge in [0.2, 0.25) is 11.9 Å². The average Bonchev–Trinajstić information content (AvgIpc) is 2.67. The minimum absolute atomic E-state index is 0.0792. The van der Waals surface area contributed by atoms with Crippen LogP contribution in [0.25, 0.3) is 11.1 Å². The summed E-state index contributed by atoms with van der Waals surface area (Å²) in [5.74, 6) is 0.547. The minimum Gasteiger partial charge on any atom is -0.347 e. The maximum absolute atomic E-state index is 14.4. The monoisotopic (exact) mass is 356 g/mol. The summed E-state index contributed by atoms with van der Waals surface area (Å²) < 4.78 is 14.4. The Kier molecular flexibility index (Phi) is 5.49. The van der Waals surface area contributed by atoms with E-state index in [0.717, 1.165) is 25.1 Å². The van der Waals surface area contributed by atoms with Gasteiger partial charge in [0.25, 0.3) is 0 Å². The molecular weight excluding hydrogens is 331 g/mol. The van der Waals surface area contributed by atoms with E-state index in [9.17, 15) is 9.18 Å². The van der Waals surface area contributed by atoms with E-state index in [2.05, 4.69) is 4.98 Å². The maximum atomic E-state index is 14.4. The number of carbonyl (C=O) groups is 1. The van der Waals surface area contributed by atoms with Crippen LogP contribution >= 0.6 is 0 Å². The minimum atomic E-state index is -0.285. The topological polar surface area (TPSA) is 49.3 Å². The first kappa shape index (κ1) is 18.3. The zero-order valence-electron chi connectivity index (χ0n) is 15.6. The van der Waals surface area contributed by atoms with Gasteiger partial charge in [0.1, 0.15) is 5.82 Å². The second kappa shape index (κ2) is 7.81. The van der Waals surface area contributed by atoms with Crippen molar-refractivity contribution in [1.82, 2.24) is 14.9 Å². The van der Waals surface area contributed by atoms with Crippen LogP contribution in [0.4, 0.5) is 10.3 Å². The molecule has 0 N–H and O–H groups in total. The summed E-state index contributed by atoms with van der Waals surface area (Å²) in [6, 6.07) is 6.70. The summed E-state index contributed by atoms with van der Waals surface area (Å²) in [5.41, 5.74) is 2.04. The van der Waals surface area contributed by atoms with Crippen LogP contribution in [0.1, 0.15) is 37.8 Å². The van der Waals surface area contributed by atoms with E-state index >= 15 is 0 Å². The third-order valence-electron chi connectivity index (χ3n) is 4.83. The molecule has 138 valence electrons. The van der Waals surface area contributed by atoms with E-state index in [0.29, 0.717) is 30.0 Å². The molecule has 1 aliphatic heterocycles. The highest BCUT2D eigenvalue weighted by Crippen LogP contribution is 2.35. The molecule has 1 amide bonds. The zero-order chi connectivity index (χ0) is 18.7. The Balaban J connectivity index is 2.04. The molecule has 2 heterocycles. The molecule has 0 spiro atoms. The van der Waals surface area contributed by atoms with Gasteiger partial charge in [-0.05, 0) is 18.9 Å². The van der Waals surface area contributed by atoms with Crippen molar-refractivity contribution >= 4 is 11.9 Å². The first-order valence-corrected chi connectivity index (χ1v) is 9.08. The van der Waals surface area contributed by atoms with Crippen molar-refractivity contribution in [3.63, 3.8) is 0 Å². The number of likely N-dealkylation sites (tertiary alicyclic amines) is 1. The number of anilines is 1. The smallest absolute Gasteiger partial charge is 0.225 e. The number of carbonyl (C=O) groups excluding carboxylic acids is 1. The van der Waals surface area contributed by atoms with E-state index in [-0.39, 0.29) is 17.6 Å². The van der Waals surface area contributed by atoms with E-state index in [1.807, 2.05) is 36.9 Å². The molecule has 1 aromatic carbocycles. The third kappa shape index (κ3) is 3.69. The van der Waals surface area contributed by atoms with Crippen LogP contribution in [0.3, 0.4) is 0 Å². The van der Waals surface area contributed by atoms with Crippen LogP contribution in [0.5, 0.6) is 0 Å². The Bertz CT molecular complexity index is 793. The predicted octanol–water partition coefficient (Wildman–Crippen LogP) is 3.46. The Morgan fingerprint density at radius 1 is 1.31 bits per heavy atom. The highest BCUT2D eigenvalue weighted by molar-refractivity contribution is 5.76. The van der Waals surface area contributed by atoms with Crippen LogP contribution in [0.15, 0.2) is 30.5 Å². The second-order valence-electron chi connectivity index (χ2n) is 6.88. The maximum Gasteiger partial charge on any atom is 0.225 e. The Morgan fingerprint density at radius 2 is 2.08 bits per heavy atom. The van der Waals surface area contributed by atoms with Gasteiger partial charge in [-0.2, -0.15) is 0 Å². The number of piperidine rings is 1. The van der Waals surface area contributed by atoms with E-state index in [1.165, 1.54) is 6.07 Å². The molecule has 26 heavy (non-hydrogen) atoms. The molecule has 0 unspecified atom stereocenters. The lowest BCUT2D eigenvalue weighted by Gasteiger charge is -2.33. The number of halogens is 1. The van der Waals surface area contributed by atoms with Crippen molar-refractivity contribution < 1.29 is 9.18 Å². The lowest BCUT2D eigenvalue weighted by Crippen LogP contribution is -2.39. The van der Waals surface area contributed by atoms with Crippen molar-refractivity contribution in [2.24, 2.45) is 0 Å². The van der Waals surface area contributed by atoms with Gasteiger partial charge in [-0.15, -0.1) is 0 Å². The molecule has 5 nitrogen and oxygen atoms in total. The van der Waals surface area contributed by atoms with Crippen LogP contribution in [0.2, 0.25) is 0 Å².